The minimum absolute atomic E-state index is 0.121. The molecule has 0 aliphatic carbocycles. The van der Waals surface area contributed by atoms with Gasteiger partial charge in [-0.3, -0.25) is 10.1 Å². The lowest BCUT2D eigenvalue weighted by atomic mass is 10.3. The minimum atomic E-state index is -4.08. The first-order valence-electron chi connectivity index (χ1n) is 4.77. The molecule has 0 atom stereocenters. The van der Waals surface area contributed by atoms with Crippen LogP contribution < -0.4 is 0 Å². The molecule has 18 heavy (non-hydrogen) atoms. The third-order valence-electron chi connectivity index (χ3n) is 2.22. The van der Waals surface area contributed by atoms with Crippen LogP contribution in [0.25, 0.3) is 0 Å². The van der Waals surface area contributed by atoms with Gasteiger partial charge in [-0.25, -0.2) is 8.42 Å². The molecular weight excluding hydrogens is 331 g/mol. The Hall–Kier alpha value is -1.06. The van der Waals surface area contributed by atoms with Crippen LogP contribution >= 0.6 is 15.9 Å². The van der Waals surface area contributed by atoms with Crippen LogP contribution in [0, 0.1) is 15.9 Å². The van der Waals surface area contributed by atoms with Crippen LogP contribution in [0.2, 0.25) is 0 Å². The Morgan fingerprint density at radius 3 is 2.61 bits per heavy atom. The molecule has 1 aromatic rings. The largest absolute Gasteiger partial charge is 0.324 e. The molecule has 0 aliphatic heterocycles. The summed E-state index contributed by atoms with van der Waals surface area (Å²) < 4.78 is 38.3. The van der Waals surface area contributed by atoms with Crippen LogP contribution in [0.5, 0.6) is 0 Å². The van der Waals surface area contributed by atoms with E-state index in [0.29, 0.717) is 5.33 Å². The molecule has 0 N–H and O–H groups in total. The lowest BCUT2D eigenvalue weighted by molar-refractivity contribution is -0.390. The van der Waals surface area contributed by atoms with Gasteiger partial charge in [-0.15, -0.1) is 0 Å². The number of nitrogens with zero attached hydrogens (tertiary/aromatic N) is 2. The number of nitro groups is 1. The Bertz CT molecular complexity index is 564. The zero-order valence-corrected chi connectivity index (χ0v) is 11.7. The third-order valence-corrected chi connectivity index (χ3v) is 4.46. The Kier molecular flexibility index (Phi) is 4.77. The summed E-state index contributed by atoms with van der Waals surface area (Å²) in [5.41, 5.74) is -1.03. The van der Waals surface area contributed by atoms with Crippen LogP contribution in [0.1, 0.15) is 0 Å². The Morgan fingerprint density at radius 1 is 1.50 bits per heavy atom. The fourth-order valence-electron chi connectivity index (χ4n) is 1.29. The second-order valence-electron chi connectivity index (χ2n) is 3.36. The molecule has 0 saturated heterocycles. The molecule has 0 fully saturated rings. The number of nitro benzene ring substituents is 1. The summed E-state index contributed by atoms with van der Waals surface area (Å²) >= 11 is 3.06. The fraction of sp³-hybridized carbons (Fsp3) is 0.333. The molecule has 0 amide bonds. The second kappa shape index (κ2) is 5.72. The van der Waals surface area contributed by atoms with E-state index in [0.717, 1.165) is 22.5 Å². The van der Waals surface area contributed by atoms with Crippen molar-refractivity contribution in [3.63, 3.8) is 0 Å². The highest BCUT2D eigenvalue weighted by Crippen LogP contribution is 2.28. The maximum atomic E-state index is 13.3. The minimum Gasteiger partial charge on any atom is -0.258 e. The molecule has 0 aromatic heterocycles. The van der Waals surface area contributed by atoms with Crippen molar-refractivity contribution < 1.29 is 17.7 Å². The first kappa shape index (κ1) is 15.0. The molecule has 0 saturated carbocycles. The van der Waals surface area contributed by atoms with Gasteiger partial charge in [0, 0.05) is 18.9 Å². The summed E-state index contributed by atoms with van der Waals surface area (Å²) in [5.74, 6) is -1.17. The van der Waals surface area contributed by atoms with Gasteiger partial charge in [0.05, 0.1) is 4.92 Å². The van der Waals surface area contributed by atoms with Gasteiger partial charge in [0.2, 0.25) is 15.8 Å². The van der Waals surface area contributed by atoms with Gasteiger partial charge in [-0.2, -0.15) is 8.70 Å². The zero-order chi connectivity index (χ0) is 13.9. The van der Waals surface area contributed by atoms with E-state index in [1.165, 1.54) is 7.05 Å². The van der Waals surface area contributed by atoms with Gasteiger partial charge >= 0.3 is 5.69 Å². The number of halogens is 2. The summed E-state index contributed by atoms with van der Waals surface area (Å²) in [6.45, 7) is 0.121. The number of alkyl halides is 1. The van der Waals surface area contributed by atoms with Gasteiger partial charge in [-0.1, -0.05) is 22.0 Å². The van der Waals surface area contributed by atoms with E-state index in [1.807, 2.05) is 0 Å². The number of para-hydroxylation sites is 1. The molecule has 100 valence electrons. The summed E-state index contributed by atoms with van der Waals surface area (Å²) in [5, 5.41) is 11.1. The molecule has 0 unspecified atom stereocenters. The van der Waals surface area contributed by atoms with Gasteiger partial charge < -0.3 is 0 Å². The summed E-state index contributed by atoms with van der Waals surface area (Å²) in [4.78, 5) is 9.06. The zero-order valence-electron chi connectivity index (χ0n) is 9.34. The number of sulfonamides is 1. The predicted octanol–water partition coefficient (Wildman–Crippen LogP) is 1.75. The Morgan fingerprint density at radius 2 is 2.11 bits per heavy atom. The van der Waals surface area contributed by atoms with Crippen molar-refractivity contribution in [3.8, 4) is 0 Å². The summed E-state index contributed by atoms with van der Waals surface area (Å²) in [6, 6.07) is 2.99. The molecule has 6 nitrogen and oxygen atoms in total. The van der Waals surface area contributed by atoms with Crippen molar-refractivity contribution in [1.82, 2.24) is 4.31 Å². The monoisotopic (exact) mass is 340 g/mol. The SMILES string of the molecule is CN(CCBr)S(=O)(=O)c1cccc(F)c1[N+](=O)[O-]. The van der Waals surface area contributed by atoms with Gasteiger partial charge in [0.25, 0.3) is 0 Å². The molecule has 1 aromatic carbocycles. The maximum absolute atomic E-state index is 13.3. The van der Waals surface area contributed by atoms with Crippen LogP contribution in [-0.2, 0) is 10.0 Å². The third kappa shape index (κ3) is 2.85. The van der Waals surface area contributed by atoms with Crippen LogP contribution in [0.4, 0.5) is 10.1 Å². The predicted molar refractivity (Wildman–Crippen MR) is 66.7 cm³/mol. The summed E-state index contributed by atoms with van der Waals surface area (Å²) in [6.07, 6.45) is 0. The standard InChI is InChI=1S/C9H10BrFN2O4S/c1-12(6-5-10)18(16,17)8-4-2-3-7(11)9(8)13(14)15/h2-4H,5-6H2,1H3. The van der Waals surface area contributed by atoms with Crippen molar-refractivity contribution in [2.24, 2.45) is 0 Å². The molecule has 0 heterocycles. The maximum Gasteiger partial charge on any atom is 0.324 e. The van der Waals surface area contributed by atoms with Crippen LogP contribution in [-0.4, -0.2) is 36.6 Å². The van der Waals surface area contributed by atoms with E-state index in [1.54, 1.807) is 0 Å². The highest BCUT2D eigenvalue weighted by atomic mass is 79.9. The Labute approximate surface area is 112 Å². The number of benzene rings is 1. The van der Waals surface area contributed by atoms with Crippen molar-refractivity contribution in [3.05, 3.63) is 34.1 Å². The van der Waals surface area contributed by atoms with E-state index < -0.39 is 31.3 Å². The van der Waals surface area contributed by atoms with Gasteiger partial charge in [0.15, 0.2) is 4.90 Å². The summed E-state index contributed by atoms with van der Waals surface area (Å²) in [7, 11) is -2.81. The Balaban J connectivity index is 3.42. The number of rotatable bonds is 5. The molecular formula is C9H10BrFN2O4S. The molecule has 9 heteroatoms. The van der Waals surface area contributed by atoms with E-state index in [2.05, 4.69) is 15.9 Å². The van der Waals surface area contributed by atoms with Crippen molar-refractivity contribution >= 4 is 31.6 Å². The van der Waals surface area contributed by atoms with Crippen LogP contribution in [0.3, 0.4) is 0 Å². The van der Waals surface area contributed by atoms with E-state index in [-0.39, 0.29) is 6.54 Å². The molecule has 0 spiro atoms. The topological polar surface area (TPSA) is 80.5 Å². The average Bonchev–Trinajstić information content (AvgIpc) is 2.28. The van der Waals surface area contributed by atoms with Crippen molar-refractivity contribution in [2.75, 3.05) is 18.9 Å². The van der Waals surface area contributed by atoms with E-state index >= 15 is 0 Å². The number of hydrogen-bond donors (Lipinski definition) is 0. The van der Waals surface area contributed by atoms with Crippen LogP contribution in [0.15, 0.2) is 23.1 Å². The molecule has 0 bridgehead atoms. The molecule has 0 aliphatic rings. The molecule has 1 rings (SSSR count). The van der Waals surface area contributed by atoms with Gasteiger partial charge in [-0.05, 0) is 12.1 Å². The van der Waals surface area contributed by atoms with Crippen molar-refractivity contribution in [1.29, 1.82) is 0 Å². The van der Waals surface area contributed by atoms with E-state index in [9.17, 15) is 22.9 Å². The smallest absolute Gasteiger partial charge is 0.258 e. The lowest BCUT2D eigenvalue weighted by Gasteiger charge is -2.15. The fourth-order valence-corrected chi connectivity index (χ4v) is 3.39. The van der Waals surface area contributed by atoms with Crippen molar-refractivity contribution in [2.45, 2.75) is 4.90 Å². The highest BCUT2D eigenvalue weighted by Gasteiger charge is 2.31. The number of hydrogen-bond acceptors (Lipinski definition) is 4. The first-order chi connectivity index (χ1) is 8.32. The first-order valence-corrected chi connectivity index (χ1v) is 7.33. The van der Waals surface area contributed by atoms with Gasteiger partial charge in [0.1, 0.15) is 0 Å². The quantitative estimate of drug-likeness (QED) is 0.464. The average molecular weight is 341 g/mol. The van der Waals surface area contributed by atoms with E-state index in [4.69, 9.17) is 0 Å². The molecule has 0 radical (unpaired) electrons. The normalized spacial score (nSPS) is 11.8. The highest BCUT2D eigenvalue weighted by molar-refractivity contribution is 9.09. The lowest BCUT2D eigenvalue weighted by Crippen LogP contribution is -2.29. The second-order valence-corrected chi connectivity index (χ2v) is 6.17.